The monoisotopic (exact) mass is 279 g/mol. The number of carbonyl (C=O) groups is 1. The van der Waals surface area contributed by atoms with E-state index < -0.39 is 5.41 Å². The topological polar surface area (TPSA) is 106 Å². The molecule has 1 aliphatic rings. The second kappa shape index (κ2) is 5.52. The lowest BCUT2D eigenvalue weighted by atomic mass is 9.84. The van der Waals surface area contributed by atoms with Crippen LogP contribution < -0.4 is 11.1 Å². The van der Waals surface area contributed by atoms with Gasteiger partial charge in [-0.2, -0.15) is 5.10 Å². The Morgan fingerprint density at radius 3 is 2.70 bits per heavy atom. The number of amides is 1. The van der Waals surface area contributed by atoms with Crippen LogP contribution >= 0.6 is 0 Å². The molecule has 0 aliphatic heterocycles. The molecule has 7 nitrogen and oxygen atoms in total. The zero-order chi connectivity index (χ0) is 14.8. The van der Waals surface area contributed by atoms with Crippen LogP contribution in [0.25, 0.3) is 0 Å². The number of rotatable bonds is 4. The number of hydrogen-bond acceptors (Lipinski definition) is 4. The maximum Gasteiger partial charge on any atom is 0.238 e. The van der Waals surface area contributed by atoms with E-state index in [0.29, 0.717) is 18.5 Å². The molecule has 1 aliphatic carbocycles. The fourth-order valence-corrected chi connectivity index (χ4v) is 2.61. The number of amidine groups is 1. The lowest BCUT2D eigenvalue weighted by Gasteiger charge is -2.25. The van der Waals surface area contributed by atoms with Crippen molar-refractivity contribution in [3.8, 4) is 0 Å². The Balaban J connectivity index is 2.17. The van der Waals surface area contributed by atoms with Crippen LogP contribution in [0.4, 0.5) is 5.69 Å². The molecule has 1 amide bonds. The van der Waals surface area contributed by atoms with Gasteiger partial charge in [-0.3, -0.25) is 9.48 Å². The van der Waals surface area contributed by atoms with Gasteiger partial charge in [0.05, 0.1) is 11.9 Å². The molecular weight excluding hydrogens is 258 g/mol. The number of carbonyl (C=O) groups excluding carboxylic acids is 1. The van der Waals surface area contributed by atoms with Crippen molar-refractivity contribution in [1.82, 2.24) is 9.78 Å². The molecule has 110 valence electrons. The molecule has 1 heterocycles. The smallest absolute Gasteiger partial charge is 0.238 e. The van der Waals surface area contributed by atoms with Gasteiger partial charge in [0.15, 0.2) is 5.84 Å². The third-order valence-corrected chi connectivity index (χ3v) is 3.88. The van der Waals surface area contributed by atoms with Gasteiger partial charge in [0.1, 0.15) is 5.41 Å². The summed E-state index contributed by atoms with van der Waals surface area (Å²) in [6, 6.07) is 0.227. The summed E-state index contributed by atoms with van der Waals surface area (Å²) in [6.45, 7) is 4.01. The van der Waals surface area contributed by atoms with Crippen LogP contribution in [0, 0.1) is 5.41 Å². The van der Waals surface area contributed by atoms with Gasteiger partial charge in [0.2, 0.25) is 5.91 Å². The van der Waals surface area contributed by atoms with E-state index in [0.717, 1.165) is 12.8 Å². The average Bonchev–Trinajstić information content (AvgIpc) is 3.07. The first-order valence-corrected chi connectivity index (χ1v) is 6.83. The largest absolute Gasteiger partial charge is 0.409 e. The Morgan fingerprint density at radius 2 is 2.20 bits per heavy atom. The molecule has 0 saturated heterocycles. The molecule has 1 aromatic heterocycles. The van der Waals surface area contributed by atoms with Crippen LogP contribution in [0.15, 0.2) is 17.5 Å². The summed E-state index contributed by atoms with van der Waals surface area (Å²) < 4.78 is 1.76. The highest BCUT2D eigenvalue weighted by Gasteiger charge is 2.45. The van der Waals surface area contributed by atoms with Gasteiger partial charge in [-0.05, 0) is 26.7 Å². The standard InChI is InChI=1S/C13H21N5O2/c1-9(2)18-8-10(7-15-18)16-12(19)13(11(14)17-20)5-3-4-6-13/h7-9,20H,3-6H2,1-2H3,(H2,14,17)(H,16,19). The number of aromatic nitrogens is 2. The summed E-state index contributed by atoms with van der Waals surface area (Å²) in [5.74, 6) is -0.239. The van der Waals surface area contributed by atoms with E-state index in [-0.39, 0.29) is 17.8 Å². The number of hydrogen-bond donors (Lipinski definition) is 3. The minimum Gasteiger partial charge on any atom is -0.409 e. The van der Waals surface area contributed by atoms with E-state index in [1.165, 1.54) is 0 Å². The summed E-state index contributed by atoms with van der Waals surface area (Å²) in [4.78, 5) is 12.5. The van der Waals surface area contributed by atoms with Gasteiger partial charge >= 0.3 is 0 Å². The van der Waals surface area contributed by atoms with Gasteiger partial charge in [-0.25, -0.2) is 0 Å². The van der Waals surface area contributed by atoms with Crippen LogP contribution in [0.2, 0.25) is 0 Å². The highest BCUT2D eigenvalue weighted by atomic mass is 16.4. The molecule has 7 heteroatoms. The van der Waals surface area contributed by atoms with Crippen molar-refractivity contribution in [2.24, 2.45) is 16.3 Å². The molecule has 0 aromatic carbocycles. The Hall–Kier alpha value is -2.05. The molecule has 1 saturated carbocycles. The average molecular weight is 279 g/mol. The molecule has 0 spiro atoms. The van der Waals surface area contributed by atoms with E-state index >= 15 is 0 Å². The Bertz CT molecular complexity index is 515. The van der Waals surface area contributed by atoms with E-state index in [1.807, 2.05) is 13.8 Å². The summed E-state index contributed by atoms with van der Waals surface area (Å²) in [7, 11) is 0. The molecule has 0 unspecified atom stereocenters. The molecule has 4 N–H and O–H groups in total. The molecule has 0 bridgehead atoms. The third-order valence-electron chi connectivity index (χ3n) is 3.88. The first kappa shape index (κ1) is 14.4. The van der Waals surface area contributed by atoms with Gasteiger partial charge in [0.25, 0.3) is 0 Å². The quantitative estimate of drug-likeness (QED) is 0.337. The fraction of sp³-hybridized carbons (Fsp3) is 0.615. The Kier molecular flexibility index (Phi) is 3.96. The minimum absolute atomic E-state index is 0.0104. The van der Waals surface area contributed by atoms with E-state index in [4.69, 9.17) is 10.9 Å². The van der Waals surface area contributed by atoms with Crippen molar-refractivity contribution < 1.29 is 10.0 Å². The molecule has 20 heavy (non-hydrogen) atoms. The molecule has 0 atom stereocenters. The minimum atomic E-state index is -0.894. The van der Waals surface area contributed by atoms with Crippen molar-refractivity contribution in [3.05, 3.63) is 12.4 Å². The van der Waals surface area contributed by atoms with Crippen LogP contribution in [-0.4, -0.2) is 26.7 Å². The first-order valence-electron chi connectivity index (χ1n) is 6.83. The van der Waals surface area contributed by atoms with Crippen molar-refractivity contribution in [2.75, 3.05) is 5.32 Å². The van der Waals surface area contributed by atoms with Gasteiger partial charge < -0.3 is 16.3 Å². The lowest BCUT2D eigenvalue weighted by Crippen LogP contribution is -2.45. The maximum absolute atomic E-state index is 12.5. The number of nitrogens with two attached hydrogens (primary N) is 1. The molecule has 1 fully saturated rings. The second-order valence-electron chi connectivity index (χ2n) is 5.53. The summed E-state index contributed by atoms with van der Waals surface area (Å²) in [5.41, 5.74) is 5.47. The zero-order valence-corrected chi connectivity index (χ0v) is 11.8. The Labute approximate surface area is 117 Å². The molecule has 2 rings (SSSR count). The van der Waals surface area contributed by atoms with Crippen LogP contribution in [0.1, 0.15) is 45.6 Å². The number of oxime groups is 1. The molecule has 0 radical (unpaired) electrons. The van der Waals surface area contributed by atoms with Crippen LogP contribution in [0.5, 0.6) is 0 Å². The van der Waals surface area contributed by atoms with E-state index in [1.54, 1.807) is 17.1 Å². The number of nitrogens with one attached hydrogen (secondary N) is 1. The summed E-state index contributed by atoms with van der Waals surface area (Å²) >= 11 is 0. The maximum atomic E-state index is 12.5. The van der Waals surface area contributed by atoms with Gasteiger partial charge in [-0.15, -0.1) is 0 Å². The SMILES string of the molecule is CC(C)n1cc(NC(=O)C2(C(N)=NO)CCCC2)cn1. The van der Waals surface area contributed by atoms with Gasteiger partial charge in [0, 0.05) is 12.2 Å². The first-order chi connectivity index (χ1) is 9.49. The molecule has 1 aromatic rings. The highest BCUT2D eigenvalue weighted by Crippen LogP contribution is 2.39. The summed E-state index contributed by atoms with van der Waals surface area (Å²) in [6.07, 6.45) is 6.38. The van der Waals surface area contributed by atoms with Crippen molar-refractivity contribution >= 4 is 17.4 Å². The lowest BCUT2D eigenvalue weighted by molar-refractivity contribution is -0.122. The summed E-state index contributed by atoms with van der Waals surface area (Å²) in [5, 5.41) is 19.0. The molecular formula is C13H21N5O2. The fourth-order valence-electron chi connectivity index (χ4n) is 2.61. The number of anilines is 1. The van der Waals surface area contributed by atoms with Crippen molar-refractivity contribution in [1.29, 1.82) is 0 Å². The van der Waals surface area contributed by atoms with E-state index in [9.17, 15) is 4.79 Å². The normalized spacial score (nSPS) is 18.4. The van der Waals surface area contributed by atoms with Crippen molar-refractivity contribution in [2.45, 2.75) is 45.6 Å². The van der Waals surface area contributed by atoms with Crippen molar-refractivity contribution in [3.63, 3.8) is 0 Å². The predicted molar refractivity (Wildman–Crippen MR) is 75.6 cm³/mol. The highest BCUT2D eigenvalue weighted by molar-refractivity contribution is 6.12. The third kappa shape index (κ3) is 2.48. The van der Waals surface area contributed by atoms with Gasteiger partial charge in [-0.1, -0.05) is 18.0 Å². The van der Waals surface area contributed by atoms with E-state index in [2.05, 4.69) is 15.6 Å². The number of nitrogens with zero attached hydrogens (tertiary/aromatic N) is 3. The zero-order valence-electron chi connectivity index (χ0n) is 11.8. The van der Waals surface area contributed by atoms with Crippen LogP contribution in [-0.2, 0) is 4.79 Å². The Morgan fingerprint density at radius 1 is 1.55 bits per heavy atom. The van der Waals surface area contributed by atoms with Crippen LogP contribution in [0.3, 0.4) is 0 Å². The second-order valence-corrected chi connectivity index (χ2v) is 5.53. The predicted octanol–water partition coefficient (Wildman–Crippen LogP) is 1.71.